The normalized spacial score (nSPS) is 16.6. The van der Waals surface area contributed by atoms with E-state index in [1.54, 1.807) is 4.90 Å². The molecule has 4 heteroatoms. The van der Waals surface area contributed by atoms with Gasteiger partial charge < -0.3 is 15.4 Å². The van der Waals surface area contributed by atoms with Gasteiger partial charge in [0.2, 0.25) is 0 Å². The Balaban J connectivity index is 1.73. The first-order valence-corrected chi connectivity index (χ1v) is 7.03. The van der Waals surface area contributed by atoms with Crippen LogP contribution in [0.2, 0.25) is 0 Å². The molecule has 0 saturated carbocycles. The first-order chi connectivity index (χ1) is 10.1. The largest absolute Gasteiger partial charge is 0.484 e. The average Bonchev–Trinajstić information content (AvgIpc) is 2.81. The summed E-state index contributed by atoms with van der Waals surface area (Å²) >= 11 is 0. The third-order valence-electron chi connectivity index (χ3n) is 3.69. The highest BCUT2D eigenvalue weighted by Gasteiger charge is 2.30. The molecule has 1 atom stereocenters. The Morgan fingerprint density at radius 3 is 2.81 bits per heavy atom. The van der Waals surface area contributed by atoms with Gasteiger partial charge in [0.25, 0.3) is 5.91 Å². The second-order valence-corrected chi connectivity index (χ2v) is 5.31. The van der Waals surface area contributed by atoms with Crippen LogP contribution in [0.5, 0.6) is 5.75 Å². The average molecular weight is 282 g/mol. The van der Waals surface area contributed by atoms with Crippen molar-refractivity contribution in [2.45, 2.75) is 19.4 Å². The summed E-state index contributed by atoms with van der Waals surface area (Å²) in [5.41, 5.74) is 8.60. The molecule has 0 spiro atoms. The summed E-state index contributed by atoms with van der Waals surface area (Å²) in [5, 5.41) is 0. The number of rotatable bonds is 3. The maximum atomic E-state index is 12.4. The maximum absolute atomic E-state index is 12.4. The zero-order valence-electron chi connectivity index (χ0n) is 12.0. The van der Waals surface area contributed by atoms with E-state index in [-0.39, 0.29) is 18.6 Å². The zero-order chi connectivity index (χ0) is 14.8. The van der Waals surface area contributed by atoms with E-state index in [0.29, 0.717) is 5.75 Å². The van der Waals surface area contributed by atoms with Crippen LogP contribution in [0.4, 0.5) is 11.4 Å². The van der Waals surface area contributed by atoms with Gasteiger partial charge in [-0.25, -0.2) is 0 Å². The summed E-state index contributed by atoms with van der Waals surface area (Å²) in [4.78, 5) is 14.2. The van der Waals surface area contributed by atoms with Gasteiger partial charge in [0.05, 0.1) is 0 Å². The highest BCUT2D eigenvalue weighted by molar-refractivity contribution is 5.97. The van der Waals surface area contributed by atoms with E-state index in [0.717, 1.165) is 23.4 Å². The lowest BCUT2D eigenvalue weighted by molar-refractivity contribution is -0.120. The summed E-state index contributed by atoms with van der Waals surface area (Å²) < 4.78 is 5.55. The Hall–Kier alpha value is -2.49. The molecule has 2 aromatic rings. The smallest absolute Gasteiger partial charge is 0.265 e. The van der Waals surface area contributed by atoms with Gasteiger partial charge in [0, 0.05) is 17.4 Å². The fraction of sp³-hybridized carbons (Fsp3) is 0.235. The van der Waals surface area contributed by atoms with Crippen LogP contribution >= 0.6 is 0 Å². The molecule has 2 N–H and O–H groups in total. The number of amides is 1. The van der Waals surface area contributed by atoms with Crippen molar-refractivity contribution in [2.75, 3.05) is 17.2 Å². The molecule has 0 fully saturated rings. The first kappa shape index (κ1) is 13.5. The molecule has 3 rings (SSSR count). The van der Waals surface area contributed by atoms with E-state index >= 15 is 0 Å². The van der Waals surface area contributed by atoms with E-state index in [9.17, 15) is 4.79 Å². The van der Waals surface area contributed by atoms with Crippen LogP contribution in [0.15, 0.2) is 48.5 Å². The standard InChI is InChI=1S/C17H18N2O2/c1-12-9-13-10-14(18)7-8-16(13)19(12)17(20)11-21-15-5-3-2-4-6-15/h2-8,10,12H,9,11,18H2,1H3. The number of benzene rings is 2. The molecular formula is C17H18N2O2. The Labute approximate surface area is 124 Å². The molecule has 0 bridgehead atoms. The monoisotopic (exact) mass is 282 g/mol. The number of hydrogen-bond donors (Lipinski definition) is 1. The molecule has 1 aliphatic heterocycles. The third kappa shape index (κ3) is 2.70. The highest BCUT2D eigenvalue weighted by atomic mass is 16.5. The van der Waals surface area contributed by atoms with Gasteiger partial charge in [-0.3, -0.25) is 4.79 Å². The Morgan fingerprint density at radius 1 is 1.29 bits per heavy atom. The van der Waals surface area contributed by atoms with E-state index < -0.39 is 0 Å². The molecule has 1 amide bonds. The summed E-state index contributed by atoms with van der Waals surface area (Å²) in [5.74, 6) is 0.671. The zero-order valence-corrected chi connectivity index (χ0v) is 12.0. The van der Waals surface area contributed by atoms with Gasteiger partial charge in [0.1, 0.15) is 5.75 Å². The molecule has 0 aliphatic carbocycles. The Bertz CT molecular complexity index is 655. The number of fused-ring (bicyclic) bond motifs is 1. The van der Waals surface area contributed by atoms with Crippen LogP contribution in [0.25, 0.3) is 0 Å². The van der Waals surface area contributed by atoms with Crippen molar-refractivity contribution in [2.24, 2.45) is 0 Å². The molecular weight excluding hydrogens is 264 g/mol. The SMILES string of the molecule is CC1Cc2cc(N)ccc2N1C(=O)COc1ccccc1. The predicted molar refractivity (Wildman–Crippen MR) is 83.4 cm³/mol. The maximum Gasteiger partial charge on any atom is 0.265 e. The molecule has 0 aromatic heterocycles. The van der Waals surface area contributed by atoms with E-state index in [1.807, 2.05) is 55.5 Å². The third-order valence-corrected chi connectivity index (χ3v) is 3.69. The fourth-order valence-corrected chi connectivity index (χ4v) is 2.76. The number of nitrogens with zero attached hydrogens (tertiary/aromatic N) is 1. The molecule has 1 heterocycles. The Kier molecular flexibility index (Phi) is 3.52. The van der Waals surface area contributed by atoms with Gasteiger partial charge in [-0.2, -0.15) is 0 Å². The summed E-state index contributed by atoms with van der Waals surface area (Å²) in [7, 11) is 0. The van der Waals surface area contributed by atoms with Gasteiger partial charge in [-0.1, -0.05) is 18.2 Å². The molecule has 2 aromatic carbocycles. The van der Waals surface area contributed by atoms with Crippen molar-refractivity contribution in [3.63, 3.8) is 0 Å². The number of carbonyl (C=O) groups excluding carboxylic acids is 1. The molecule has 1 aliphatic rings. The topological polar surface area (TPSA) is 55.6 Å². The number of anilines is 2. The van der Waals surface area contributed by atoms with E-state index in [1.165, 1.54) is 0 Å². The van der Waals surface area contributed by atoms with Crippen LogP contribution in [0, 0.1) is 0 Å². The van der Waals surface area contributed by atoms with Crippen LogP contribution in [-0.4, -0.2) is 18.6 Å². The molecule has 0 radical (unpaired) electrons. The van der Waals surface area contributed by atoms with Crippen molar-refractivity contribution < 1.29 is 9.53 Å². The number of nitrogen functional groups attached to an aromatic ring is 1. The fourth-order valence-electron chi connectivity index (χ4n) is 2.76. The lowest BCUT2D eigenvalue weighted by Gasteiger charge is -2.22. The molecule has 108 valence electrons. The van der Waals surface area contributed by atoms with Crippen molar-refractivity contribution in [1.82, 2.24) is 0 Å². The Morgan fingerprint density at radius 2 is 2.05 bits per heavy atom. The van der Waals surface area contributed by atoms with Gasteiger partial charge in [-0.15, -0.1) is 0 Å². The molecule has 4 nitrogen and oxygen atoms in total. The van der Waals surface area contributed by atoms with Gasteiger partial charge in [-0.05, 0) is 49.2 Å². The number of carbonyl (C=O) groups is 1. The lowest BCUT2D eigenvalue weighted by atomic mass is 10.1. The van der Waals surface area contributed by atoms with Crippen molar-refractivity contribution in [3.8, 4) is 5.75 Å². The highest BCUT2D eigenvalue weighted by Crippen LogP contribution is 2.33. The van der Waals surface area contributed by atoms with Gasteiger partial charge in [0.15, 0.2) is 6.61 Å². The molecule has 0 saturated heterocycles. The predicted octanol–water partition coefficient (Wildman–Crippen LogP) is 2.63. The van der Waals surface area contributed by atoms with Gasteiger partial charge >= 0.3 is 0 Å². The minimum atomic E-state index is -0.0325. The number of nitrogens with two attached hydrogens (primary N) is 1. The summed E-state index contributed by atoms with van der Waals surface area (Å²) in [6.45, 7) is 2.08. The molecule has 1 unspecified atom stereocenters. The number of para-hydroxylation sites is 1. The molecule has 21 heavy (non-hydrogen) atoms. The second kappa shape index (κ2) is 5.48. The van der Waals surface area contributed by atoms with Crippen molar-refractivity contribution in [1.29, 1.82) is 0 Å². The van der Waals surface area contributed by atoms with E-state index in [2.05, 4.69) is 0 Å². The minimum Gasteiger partial charge on any atom is -0.484 e. The van der Waals surface area contributed by atoms with Crippen LogP contribution in [0.3, 0.4) is 0 Å². The quantitative estimate of drug-likeness (QED) is 0.880. The van der Waals surface area contributed by atoms with Crippen LogP contribution in [-0.2, 0) is 11.2 Å². The van der Waals surface area contributed by atoms with E-state index in [4.69, 9.17) is 10.5 Å². The summed E-state index contributed by atoms with van der Waals surface area (Å²) in [6, 6.07) is 15.2. The summed E-state index contributed by atoms with van der Waals surface area (Å²) in [6.07, 6.45) is 0.831. The lowest BCUT2D eigenvalue weighted by Crippen LogP contribution is -2.39. The van der Waals surface area contributed by atoms with Crippen molar-refractivity contribution >= 4 is 17.3 Å². The van der Waals surface area contributed by atoms with Crippen molar-refractivity contribution in [3.05, 3.63) is 54.1 Å². The number of hydrogen-bond acceptors (Lipinski definition) is 3. The second-order valence-electron chi connectivity index (χ2n) is 5.31. The first-order valence-electron chi connectivity index (χ1n) is 7.03. The van der Waals surface area contributed by atoms with Crippen LogP contribution < -0.4 is 15.4 Å². The minimum absolute atomic E-state index is 0.0325. The van der Waals surface area contributed by atoms with Crippen LogP contribution in [0.1, 0.15) is 12.5 Å². The number of ether oxygens (including phenoxy) is 1.